The topological polar surface area (TPSA) is 6.48 Å². The first-order valence-electron chi connectivity index (χ1n) is 18.3. The lowest BCUT2D eigenvalue weighted by molar-refractivity contribution is 1.09. The summed E-state index contributed by atoms with van der Waals surface area (Å²) in [6.07, 6.45) is 0.862. The number of fused-ring (bicyclic) bond motifs is 4. The SMILES string of the molecule is c1ccc(N2c3ccc(-c4ccc(N(c5ccccc5)c5cccc6ccccc56)cc4)cc3Cc3cc(-c4cccc5ccccc45)ccc32)cc1. The Morgan fingerprint density at radius 3 is 1.64 bits per heavy atom. The highest BCUT2D eigenvalue weighted by molar-refractivity contribution is 6.00. The van der Waals surface area contributed by atoms with Gasteiger partial charge in [0.2, 0.25) is 0 Å². The van der Waals surface area contributed by atoms with E-state index in [9.17, 15) is 0 Å². The molecule has 0 unspecified atom stereocenters. The maximum absolute atomic E-state index is 2.43. The normalized spacial score (nSPS) is 12.0. The summed E-state index contributed by atoms with van der Waals surface area (Å²) in [5.41, 5.74) is 14.6. The van der Waals surface area contributed by atoms with E-state index in [1.54, 1.807) is 0 Å². The summed E-state index contributed by atoms with van der Waals surface area (Å²) in [6.45, 7) is 0. The first kappa shape index (κ1) is 30.9. The number of rotatable bonds is 6. The second kappa shape index (κ2) is 13.0. The smallest absolute Gasteiger partial charge is 0.0540 e. The van der Waals surface area contributed by atoms with Gasteiger partial charge in [-0.05, 0) is 116 Å². The fourth-order valence-corrected chi connectivity index (χ4v) is 8.12. The molecule has 0 fully saturated rings. The highest BCUT2D eigenvalue weighted by atomic mass is 15.2. The zero-order valence-corrected chi connectivity index (χ0v) is 29.2. The molecule has 1 aliphatic heterocycles. The van der Waals surface area contributed by atoms with Gasteiger partial charge in [-0.1, -0.05) is 140 Å². The summed E-state index contributed by atoms with van der Waals surface area (Å²) in [5, 5.41) is 5.00. The van der Waals surface area contributed by atoms with Crippen LogP contribution >= 0.6 is 0 Å². The van der Waals surface area contributed by atoms with E-state index in [0.717, 1.165) is 17.8 Å². The molecule has 9 aromatic rings. The summed E-state index contributed by atoms with van der Waals surface area (Å²) in [5.74, 6) is 0. The minimum absolute atomic E-state index is 0.862. The van der Waals surface area contributed by atoms with Gasteiger partial charge >= 0.3 is 0 Å². The van der Waals surface area contributed by atoms with Gasteiger partial charge < -0.3 is 9.80 Å². The van der Waals surface area contributed by atoms with Crippen molar-refractivity contribution < 1.29 is 0 Å². The molecule has 53 heavy (non-hydrogen) atoms. The average molecular weight is 677 g/mol. The van der Waals surface area contributed by atoms with E-state index in [-0.39, 0.29) is 0 Å². The van der Waals surface area contributed by atoms with Gasteiger partial charge in [0.25, 0.3) is 0 Å². The van der Waals surface area contributed by atoms with Crippen LogP contribution in [0.3, 0.4) is 0 Å². The van der Waals surface area contributed by atoms with Crippen molar-refractivity contribution in [1.82, 2.24) is 0 Å². The Morgan fingerprint density at radius 2 is 0.906 bits per heavy atom. The van der Waals surface area contributed by atoms with Gasteiger partial charge in [-0.3, -0.25) is 0 Å². The van der Waals surface area contributed by atoms with Crippen molar-refractivity contribution >= 4 is 55.7 Å². The van der Waals surface area contributed by atoms with Crippen molar-refractivity contribution in [3.63, 3.8) is 0 Å². The molecule has 0 atom stereocenters. The number of para-hydroxylation sites is 2. The fourth-order valence-electron chi connectivity index (χ4n) is 8.12. The second-order valence-electron chi connectivity index (χ2n) is 13.8. The summed E-state index contributed by atoms with van der Waals surface area (Å²) in [7, 11) is 0. The van der Waals surface area contributed by atoms with Gasteiger partial charge in [0.05, 0.1) is 5.69 Å². The molecule has 1 heterocycles. The molecule has 0 aromatic heterocycles. The van der Waals surface area contributed by atoms with Crippen molar-refractivity contribution in [2.75, 3.05) is 9.80 Å². The quantitative estimate of drug-likeness (QED) is 0.173. The van der Waals surface area contributed by atoms with E-state index in [2.05, 4.69) is 216 Å². The summed E-state index contributed by atoms with van der Waals surface area (Å²) >= 11 is 0. The zero-order chi connectivity index (χ0) is 35.1. The Kier molecular flexibility index (Phi) is 7.58. The molecule has 1 aliphatic rings. The lowest BCUT2D eigenvalue weighted by Crippen LogP contribution is -2.18. The third-order valence-electron chi connectivity index (χ3n) is 10.6. The molecule has 2 nitrogen and oxygen atoms in total. The number of hydrogen-bond donors (Lipinski definition) is 0. The van der Waals surface area contributed by atoms with E-state index < -0.39 is 0 Å². The fraction of sp³-hybridized carbons (Fsp3) is 0.0196. The number of nitrogens with zero attached hydrogens (tertiary/aromatic N) is 2. The standard InChI is InChI=1S/C51H36N2/c1-3-17-43(18-4-1)52(51-24-12-16-38-14-8-10-22-48(38)51)45-29-25-36(26-30-45)39-27-31-49-41(33-39)35-42-34-40(47-23-11-15-37-13-7-9-21-46(37)47)28-32-50(42)53(49)44-19-5-2-6-20-44/h1-34H,35H2. The molecule has 0 radical (unpaired) electrons. The molecule has 0 aliphatic carbocycles. The predicted molar refractivity (Wildman–Crippen MR) is 224 cm³/mol. The molecule has 250 valence electrons. The Labute approximate surface area is 310 Å². The molecule has 0 N–H and O–H groups in total. The third-order valence-corrected chi connectivity index (χ3v) is 10.6. The molecular weight excluding hydrogens is 641 g/mol. The molecule has 0 amide bonds. The molecule has 0 saturated heterocycles. The molecule has 0 spiro atoms. The largest absolute Gasteiger partial charge is 0.310 e. The molecule has 2 heteroatoms. The van der Waals surface area contributed by atoms with Crippen LogP contribution in [0, 0.1) is 0 Å². The molecular formula is C51H36N2. The molecule has 10 rings (SSSR count). The van der Waals surface area contributed by atoms with Crippen LogP contribution in [0.15, 0.2) is 206 Å². The van der Waals surface area contributed by atoms with E-state index in [1.807, 2.05) is 0 Å². The molecule has 9 aromatic carbocycles. The maximum Gasteiger partial charge on any atom is 0.0540 e. The van der Waals surface area contributed by atoms with Crippen molar-refractivity contribution in [3.8, 4) is 22.3 Å². The second-order valence-corrected chi connectivity index (χ2v) is 13.8. The number of hydrogen-bond acceptors (Lipinski definition) is 2. The highest BCUT2D eigenvalue weighted by Crippen LogP contribution is 2.47. The number of anilines is 6. The van der Waals surface area contributed by atoms with Crippen LogP contribution in [0.5, 0.6) is 0 Å². The van der Waals surface area contributed by atoms with E-state index >= 15 is 0 Å². The van der Waals surface area contributed by atoms with Gasteiger partial charge in [0.15, 0.2) is 0 Å². The minimum atomic E-state index is 0.862. The van der Waals surface area contributed by atoms with Crippen LogP contribution < -0.4 is 9.80 Å². The van der Waals surface area contributed by atoms with Crippen molar-refractivity contribution in [2.24, 2.45) is 0 Å². The van der Waals surface area contributed by atoms with Gasteiger partial charge in [-0.2, -0.15) is 0 Å². The van der Waals surface area contributed by atoms with Gasteiger partial charge in [-0.15, -0.1) is 0 Å². The van der Waals surface area contributed by atoms with Crippen LogP contribution in [0.4, 0.5) is 34.1 Å². The van der Waals surface area contributed by atoms with Crippen LogP contribution in [0.1, 0.15) is 11.1 Å². The lowest BCUT2D eigenvalue weighted by Gasteiger charge is -2.34. The Morgan fingerprint density at radius 1 is 0.377 bits per heavy atom. The van der Waals surface area contributed by atoms with Crippen molar-refractivity contribution in [1.29, 1.82) is 0 Å². The van der Waals surface area contributed by atoms with E-state index in [4.69, 9.17) is 0 Å². The predicted octanol–water partition coefficient (Wildman–Crippen LogP) is 14.2. The zero-order valence-electron chi connectivity index (χ0n) is 29.2. The minimum Gasteiger partial charge on any atom is -0.310 e. The Bertz CT molecular complexity index is 2740. The summed E-state index contributed by atoms with van der Waals surface area (Å²) in [4.78, 5) is 4.79. The first-order chi connectivity index (χ1) is 26.3. The lowest BCUT2D eigenvalue weighted by atomic mass is 9.89. The van der Waals surface area contributed by atoms with Gasteiger partial charge in [0.1, 0.15) is 0 Å². The van der Waals surface area contributed by atoms with E-state index in [1.165, 1.54) is 77.7 Å². The van der Waals surface area contributed by atoms with Crippen LogP contribution in [0.25, 0.3) is 43.8 Å². The highest BCUT2D eigenvalue weighted by Gasteiger charge is 2.25. The van der Waals surface area contributed by atoms with Crippen LogP contribution in [-0.2, 0) is 6.42 Å². The molecule has 0 bridgehead atoms. The summed E-state index contributed by atoms with van der Waals surface area (Å²) < 4.78 is 0. The van der Waals surface area contributed by atoms with Gasteiger partial charge in [-0.25, -0.2) is 0 Å². The molecule has 0 saturated carbocycles. The first-order valence-corrected chi connectivity index (χ1v) is 18.3. The average Bonchev–Trinajstić information content (AvgIpc) is 3.23. The Hall–Kier alpha value is -6.90. The third kappa shape index (κ3) is 5.53. The van der Waals surface area contributed by atoms with Crippen LogP contribution in [0.2, 0.25) is 0 Å². The van der Waals surface area contributed by atoms with E-state index in [0.29, 0.717) is 0 Å². The van der Waals surface area contributed by atoms with Crippen molar-refractivity contribution in [3.05, 3.63) is 217 Å². The van der Waals surface area contributed by atoms with Crippen LogP contribution in [-0.4, -0.2) is 0 Å². The van der Waals surface area contributed by atoms with Gasteiger partial charge in [0, 0.05) is 40.2 Å². The summed E-state index contributed by atoms with van der Waals surface area (Å²) in [6, 6.07) is 74.9. The Balaban J connectivity index is 1.05. The maximum atomic E-state index is 2.43. The monoisotopic (exact) mass is 676 g/mol. The van der Waals surface area contributed by atoms with Crippen molar-refractivity contribution in [2.45, 2.75) is 6.42 Å². The number of benzene rings is 9.